The molecule has 0 fully saturated rings. The Hall–Kier alpha value is -1.89. The van der Waals surface area contributed by atoms with E-state index in [0.29, 0.717) is 17.9 Å². The summed E-state index contributed by atoms with van der Waals surface area (Å²) in [6.45, 7) is 4.64. The normalized spacial score (nSPS) is 11.8. The molecule has 2 rings (SSSR count). The number of nitrogens with one attached hydrogen (secondary N) is 1. The third kappa shape index (κ3) is 2.98. The predicted octanol–water partition coefficient (Wildman–Crippen LogP) is 2.70. The number of halogens is 3. The Morgan fingerprint density at radius 1 is 1.30 bits per heavy atom. The van der Waals surface area contributed by atoms with Crippen LogP contribution in [0.1, 0.15) is 23.7 Å². The van der Waals surface area contributed by atoms with Crippen molar-refractivity contribution in [2.75, 3.05) is 6.54 Å². The van der Waals surface area contributed by atoms with Crippen LogP contribution in [0.5, 0.6) is 0 Å². The molecule has 0 aliphatic rings. The lowest BCUT2D eigenvalue weighted by Gasteiger charge is -2.13. The zero-order valence-corrected chi connectivity index (χ0v) is 11.2. The molecule has 0 aliphatic heterocycles. The lowest BCUT2D eigenvalue weighted by Crippen LogP contribution is -2.16. The van der Waals surface area contributed by atoms with E-state index in [1.165, 1.54) is 23.9 Å². The lowest BCUT2D eigenvalue weighted by atomic mass is 10.1. The highest BCUT2D eigenvalue weighted by Crippen LogP contribution is 2.33. The van der Waals surface area contributed by atoms with E-state index in [1.54, 1.807) is 6.07 Å². The van der Waals surface area contributed by atoms with Gasteiger partial charge in [0.25, 0.3) is 0 Å². The van der Waals surface area contributed by atoms with Crippen LogP contribution in [-0.4, -0.2) is 21.5 Å². The SMILES string of the molecule is CCNCc1cnnn1-c1ccc(C)c(C(F)(F)F)c1. The van der Waals surface area contributed by atoms with Crippen LogP contribution >= 0.6 is 0 Å². The van der Waals surface area contributed by atoms with Gasteiger partial charge in [-0.3, -0.25) is 0 Å². The molecule has 4 nitrogen and oxygen atoms in total. The summed E-state index contributed by atoms with van der Waals surface area (Å²) in [5.41, 5.74) is 0.603. The predicted molar refractivity (Wildman–Crippen MR) is 68.5 cm³/mol. The summed E-state index contributed by atoms with van der Waals surface area (Å²) in [7, 11) is 0. The molecule has 0 saturated heterocycles. The average molecular weight is 284 g/mol. The Morgan fingerprint density at radius 3 is 2.70 bits per heavy atom. The van der Waals surface area contributed by atoms with E-state index in [1.807, 2.05) is 6.92 Å². The van der Waals surface area contributed by atoms with Crippen molar-refractivity contribution in [2.45, 2.75) is 26.6 Å². The molecule has 0 bridgehead atoms. The van der Waals surface area contributed by atoms with Crippen molar-refractivity contribution >= 4 is 0 Å². The van der Waals surface area contributed by atoms with Crippen molar-refractivity contribution in [3.63, 3.8) is 0 Å². The maximum atomic E-state index is 12.9. The van der Waals surface area contributed by atoms with Gasteiger partial charge in [-0.15, -0.1) is 5.10 Å². The van der Waals surface area contributed by atoms with E-state index in [0.717, 1.165) is 12.6 Å². The average Bonchev–Trinajstić information content (AvgIpc) is 2.84. The number of hydrogen-bond donors (Lipinski definition) is 1. The minimum atomic E-state index is -4.37. The summed E-state index contributed by atoms with van der Waals surface area (Å²) in [6.07, 6.45) is -2.84. The van der Waals surface area contributed by atoms with Crippen molar-refractivity contribution in [1.82, 2.24) is 20.3 Å². The Labute approximate surface area is 114 Å². The van der Waals surface area contributed by atoms with Crippen LogP contribution in [0.15, 0.2) is 24.4 Å². The zero-order valence-electron chi connectivity index (χ0n) is 11.2. The van der Waals surface area contributed by atoms with Gasteiger partial charge >= 0.3 is 6.18 Å². The highest BCUT2D eigenvalue weighted by atomic mass is 19.4. The Kier molecular flexibility index (Phi) is 4.08. The van der Waals surface area contributed by atoms with Gasteiger partial charge in [-0.05, 0) is 31.2 Å². The highest BCUT2D eigenvalue weighted by molar-refractivity contribution is 5.41. The Morgan fingerprint density at radius 2 is 2.05 bits per heavy atom. The maximum absolute atomic E-state index is 12.9. The Bertz CT molecular complexity index is 590. The summed E-state index contributed by atoms with van der Waals surface area (Å²) < 4.78 is 40.2. The second kappa shape index (κ2) is 5.62. The second-order valence-electron chi connectivity index (χ2n) is 4.41. The van der Waals surface area contributed by atoms with Gasteiger partial charge in [0, 0.05) is 6.54 Å². The van der Waals surface area contributed by atoms with Crippen LogP contribution in [0.2, 0.25) is 0 Å². The van der Waals surface area contributed by atoms with E-state index in [9.17, 15) is 13.2 Å². The fourth-order valence-corrected chi connectivity index (χ4v) is 1.89. The molecule has 7 heteroatoms. The molecular formula is C13H15F3N4. The molecule has 1 aromatic carbocycles. The maximum Gasteiger partial charge on any atom is 0.416 e. The third-order valence-corrected chi connectivity index (χ3v) is 2.95. The van der Waals surface area contributed by atoms with Crippen molar-refractivity contribution in [3.8, 4) is 5.69 Å². The quantitative estimate of drug-likeness (QED) is 0.938. The number of benzene rings is 1. The molecule has 20 heavy (non-hydrogen) atoms. The number of aryl methyl sites for hydroxylation is 1. The monoisotopic (exact) mass is 284 g/mol. The number of hydrogen-bond acceptors (Lipinski definition) is 3. The molecule has 0 amide bonds. The molecule has 0 radical (unpaired) electrons. The van der Waals surface area contributed by atoms with Gasteiger partial charge in [0.1, 0.15) is 0 Å². The molecule has 1 heterocycles. The van der Waals surface area contributed by atoms with Gasteiger partial charge in [-0.2, -0.15) is 13.2 Å². The molecule has 1 aromatic heterocycles. The fourth-order valence-electron chi connectivity index (χ4n) is 1.89. The van der Waals surface area contributed by atoms with E-state index in [2.05, 4.69) is 15.6 Å². The number of alkyl halides is 3. The van der Waals surface area contributed by atoms with Crippen LogP contribution in [0, 0.1) is 6.92 Å². The molecule has 1 N–H and O–H groups in total. The van der Waals surface area contributed by atoms with E-state index in [-0.39, 0.29) is 5.56 Å². The fraction of sp³-hybridized carbons (Fsp3) is 0.385. The number of rotatable bonds is 4. The summed E-state index contributed by atoms with van der Waals surface area (Å²) >= 11 is 0. The summed E-state index contributed by atoms with van der Waals surface area (Å²) in [4.78, 5) is 0. The summed E-state index contributed by atoms with van der Waals surface area (Å²) in [6, 6.07) is 4.14. The highest BCUT2D eigenvalue weighted by Gasteiger charge is 2.32. The van der Waals surface area contributed by atoms with Gasteiger partial charge in [0.15, 0.2) is 0 Å². The lowest BCUT2D eigenvalue weighted by molar-refractivity contribution is -0.138. The number of aromatic nitrogens is 3. The first-order chi connectivity index (χ1) is 9.43. The van der Waals surface area contributed by atoms with Crippen molar-refractivity contribution in [2.24, 2.45) is 0 Å². The third-order valence-electron chi connectivity index (χ3n) is 2.95. The molecule has 0 spiro atoms. The standard InChI is InChI=1S/C13H15F3N4/c1-3-17-7-11-8-18-19-20(11)10-5-4-9(2)12(6-10)13(14,15)16/h4-6,8,17H,3,7H2,1-2H3. The molecular weight excluding hydrogens is 269 g/mol. The van der Waals surface area contributed by atoms with Gasteiger partial charge in [0.2, 0.25) is 0 Å². The smallest absolute Gasteiger partial charge is 0.311 e. The topological polar surface area (TPSA) is 42.7 Å². The zero-order chi connectivity index (χ0) is 14.8. The number of nitrogens with zero attached hydrogens (tertiary/aromatic N) is 3. The molecule has 0 unspecified atom stereocenters. The summed E-state index contributed by atoms with van der Waals surface area (Å²) in [5.74, 6) is 0. The van der Waals surface area contributed by atoms with Crippen molar-refractivity contribution in [3.05, 3.63) is 41.2 Å². The minimum absolute atomic E-state index is 0.189. The van der Waals surface area contributed by atoms with Crippen LogP contribution in [0.3, 0.4) is 0 Å². The molecule has 0 saturated carbocycles. The van der Waals surface area contributed by atoms with Crippen molar-refractivity contribution in [1.29, 1.82) is 0 Å². The van der Waals surface area contributed by atoms with E-state index < -0.39 is 11.7 Å². The summed E-state index contributed by atoms with van der Waals surface area (Å²) in [5, 5.41) is 10.7. The van der Waals surface area contributed by atoms with Gasteiger partial charge in [-0.25, -0.2) is 4.68 Å². The van der Waals surface area contributed by atoms with Crippen LogP contribution < -0.4 is 5.32 Å². The van der Waals surface area contributed by atoms with E-state index in [4.69, 9.17) is 0 Å². The van der Waals surface area contributed by atoms with Crippen molar-refractivity contribution < 1.29 is 13.2 Å². The molecule has 0 aliphatic carbocycles. The van der Waals surface area contributed by atoms with E-state index >= 15 is 0 Å². The van der Waals surface area contributed by atoms with Crippen LogP contribution in [0.4, 0.5) is 13.2 Å². The van der Waals surface area contributed by atoms with Gasteiger partial charge in [0.05, 0.1) is 23.1 Å². The molecule has 108 valence electrons. The first-order valence-corrected chi connectivity index (χ1v) is 6.22. The van der Waals surface area contributed by atoms with Crippen LogP contribution in [-0.2, 0) is 12.7 Å². The first-order valence-electron chi connectivity index (χ1n) is 6.22. The molecule has 2 aromatic rings. The minimum Gasteiger partial charge on any atom is -0.311 e. The first kappa shape index (κ1) is 14.5. The van der Waals surface area contributed by atoms with Gasteiger partial charge in [-0.1, -0.05) is 18.2 Å². The molecule has 0 atom stereocenters. The van der Waals surface area contributed by atoms with Gasteiger partial charge < -0.3 is 5.32 Å². The van der Waals surface area contributed by atoms with Crippen LogP contribution in [0.25, 0.3) is 5.69 Å². The second-order valence-corrected chi connectivity index (χ2v) is 4.41. The largest absolute Gasteiger partial charge is 0.416 e. The Balaban J connectivity index is 2.41.